The van der Waals surface area contributed by atoms with Crippen molar-refractivity contribution < 1.29 is 10.2 Å². The Morgan fingerprint density at radius 3 is 2.90 bits per heavy atom. The number of fused-ring (bicyclic) bond motifs is 1. The number of aliphatic hydroxyl groups is 2. The molecule has 0 saturated carbocycles. The van der Waals surface area contributed by atoms with Crippen LogP contribution in [-0.4, -0.2) is 46.1 Å². The molecule has 0 bridgehead atoms. The first-order chi connectivity index (χ1) is 10.0. The van der Waals surface area contributed by atoms with Crippen molar-refractivity contribution in [3.63, 3.8) is 0 Å². The van der Waals surface area contributed by atoms with E-state index in [0.29, 0.717) is 24.7 Å². The van der Waals surface area contributed by atoms with Crippen LogP contribution >= 0.6 is 0 Å². The summed E-state index contributed by atoms with van der Waals surface area (Å²) in [6.07, 6.45) is 1.92. The molecule has 8 nitrogen and oxygen atoms in total. The summed E-state index contributed by atoms with van der Waals surface area (Å²) in [6, 6.07) is 0. The Morgan fingerprint density at radius 2 is 2.24 bits per heavy atom. The van der Waals surface area contributed by atoms with Gasteiger partial charge in [-0.1, -0.05) is 6.42 Å². The van der Waals surface area contributed by atoms with Crippen molar-refractivity contribution in [2.24, 2.45) is 5.92 Å². The first-order valence-electron chi connectivity index (χ1n) is 7.20. The lowest BCUT2D eigenvalue weighted by molar-refractivity contribution is 0.120. The van der Waals surface area contributed by atoms with Gasteiger partial charge in [0.1, 0.15) is 5.69 Å². The number of unbranched alkanes of at least 4 members (excludes halogenated alkanes) is 1. The smallest absolute Gasteiger partial charge is 0.277 e. The van der Waals surface area contributed by atoms with Gasteiger partial charge < -0.3 is 26.2 Å². The van der Waals surface area contributed by atoms with Gasteiger partial charge in [-0.3, -0.25) is 9.78 Å². The topological polar surface area (TPSA) is 128 Å². The average molecular weight is 297 g/mol. The second-order valence-electron chi connectivity index (χ2n) is 5.43. The number of nitrogens with zero attached hydrogens (tertiary/aromatic N) is 2. The lowest BCUT2D eigenvalue weighted by Crippen LogP contribution is -2.34. The summed E-state index contributed by atoms with van der Waals surface area (Å²) in [5.41, 5.74) is 5.72. The van der Waals surface area contributed by atoms with Crippen LogP contribution in [0.3, 0.4) is 0 Å². The van der Waals surface area contributed by atoms with Crippen LogP contribution in [0.15, 0.2) is 4.79 Å². The highest BCUT2D eigenvalue weighted by molar-refractivity contribution is 5.70. The maximum Gasteiger partial charge on any atom is 0.277 e. The summed E-state index contributed by atoms with van der Waals surface area (Å²) < 4.78 is 0. The zero-order chi connectivity index (χ0) is 15.4. The highest BCUT2D eigenvalue weighted by atomic mass is 16.3. The quantitative estimate of drug-likeness (QED) is 0.437. The van der Waals surface area contributed by atoms with Gasteiger partial charge in [0.05, 0.1) is 12.8 Å². The maximum absolute atomic E-state index is 11.8. The van der Waals surface area contributed by atoms with Gasteiger partial charge in [0.2, 0.25) is 5.95 Å². The molecule has 1 aromatic rings. The molecule has 2 heterocycles. The van der Waals surface area contributed by atoms with Crippen molar-refractivity contribution in [1.82, 2.24) is 9.97 Å². The highest BCUT2D eigenvalue weighted by Crippen LogP contribution is 2.27. The normalized spacial score (nSPS) is 16.4. The van der Waals surface area contributed by atoms with E-state index in [1.165, 1.54) is 0 Å². The van der Waals surface area contributed by atoms with Crippen LogP contribution in [0.25, 0.3) is 0 Å². The Bertz CT molecular complexity index is 531. The summed E-state index contributed by atoms with van der Waals surface area (Å²) in [5.74, 6) is 0.664. The fourth-order valence-electron chi connectivity index (χ4n) is 2.55. The first-order valence-corrected chi connectivity index (χ1v) is 7.20. The number of hydrogen-bond acceptors (Lipinski definition) is 7. The Kier molecular flexibility index (Phi) is 5.03. The molecule has 2 unspecified atom stereocenters. The molecule has 0 radical (unpaired) electrons. The highest BCUT2D eigenvalue weighted by Gasteiger charge is 2.27. The summed E-state index contributed by atoms with van der Waals surface area (Å²) in [5, 5.41) is 21.8. The summed E-state index contributed by atoms with van der Waals surface area (Å²) in [6.45, 7) is 2.97. The van der Waals surface area contributed by atoms with Crippen LogP contribution in [0.1, 0.15) is 26.2 Å². The van der Waals surface area contributed by atoms with Gasteiger partial charge in [-0.25, -0.2) is 0 Å². The number of nitrogens with one attached hydrogen (secondary N) is 2. The van der Waals surface area contributed by atoms with Gasteiger partial charge in [0.15, 0.2) is 5.82 Å². The van der Waals surface area contributed by atoms with Gasteiger partial charge >= 0.3 is 0 Å². The predicted octanol–water partition coefficient (Wildman–Crippen LogP) is -0.299. The average Bonchev–Trinajstić information content (AvgIpc) is 2.81. The van der Waals surface area contributed by atoms with E-state index in [1.807, 2.05) is 4.90 Å². The number of nitrogen functional groups attached to an aromatic ring is 1. The minimum atomic E-state index is -0.466. The minimum Gasteiger partial charge on any atom is -0.396 e. The van der Waals surface area contributed by atoms with E-state index in [-0.39, 0.29) is 24.0 Å². The van der Waals surface area contributed by atoms with Crippen LogP contribution in [-0.2, 0) is 0 Å². The van der Waals surface area contributed by atoms with Crippen molar-refractivity contribution in [1.29, 1.82) is 0 Å². The fourth-order valence-corrected chi connectivity index (χ4v) is 2.55. The Labute approximate surface area is 123 Å². The molecule has 0 spiro atoms. The first kappa shape index (κ1) is 15.6. The molecule has 1 aliphatic heterocycles. The zero-order valence-electron chi connectivity index (χ0n) is 12.2. The number of aromatic amines is 1. The second kappa shape index (κ2) is 6.77. The van der Waals surface area contributed by atoms with Crippen molar-refractivity contribution in [2.75, 3.05) is 35.8 Å². The van der Waals surface area contributed by atoms with Crippen molar-refractivity contribution in [3.8, 4) is 0 Å². The molecule has 0 aliphatic carbocycles. The molecule has 1 aromatic heterocycles. The largest absolute Gasteiger partial charge is 0.396 e. The molecule has 2 rings (SSSR count). The van der Waals surface area contributed by atoms with E-state index >= 15 is 0 Å². The Balaban J connectivity index is 2.08. The lowest BCUT2D eigenvalue weighted by atomic mass is 9.96. The van der Waals surface area contributed by atoms with Gasteiger partial charge in [0, 0.05) is 19.1 Å². The third-order valence-electron chi connectivity index (χ3n) is 3.78. The SMILES string of the molecule is CC(O)C(CCCCO)CN1CNc2c1nc(N)[nH]c2=O. The van der Waals surface area contributed by atoms with Gasteiger partial charge in [-0.05, 0) is 19.8 Å². The lowest BCUT2D eigenvalue weighted by Gasteiger charge is -2.26. The molecule has 2 atom stereocenters. The van der Waals surface area contributed by atoms with E-state index in [1.54, 1.807) is 6.92 Å². The molecule has 0 fully saturated rings. The number of aromatic nitrogens is 2. The van der Waals surface area contributed by atoms with E-state index in [2.05, 4.69) is 15.3 Å². The van der Waals surface area contributed by atoms with E-state index in [0.717, 1.165) is 19.3 Å². The molecular weight excluding hydrogens is 274 g/mol. The Hall–Kier alpha value is -1.80. The van der Waals surface area contributed by atoms with Crippen molar-refractivity contribution in [2.45, 2.75) is 32.3 Å². The number of aliphatic hydroxyl groups excluding tert-OH is 2. The zero-order valence-corrected chi connectivity index (χ0v) is 12.2. The monoisotopic (exact) mass is 297 g/mol. The standard InChI is InChI=1S/C13H23N5O3/c1-8(20)9(4-2-3-5-19)6-18-7-15-10-11(18)16-13(14)17-12(10)21/h8-9,15,19-20H,2-7H2,1H3,(H3,14,16,17,21). The third-order valence-corrected chi connectivity index (χ3v) is 3.78. The maximum atomic E-state index is 11.8. The van der Waals surface area contributed by atoms with Crippen molar-refractivity contribution >= 4 is 17.5 Å². The fraction of sp³-hybridized carbons (Fsp3) is 0.692. The molecule has 1 aliphatic rings. The van der Waals surface area contributed by atoms with Crippen LogP contribution < -0.4 is 21.5 Å². The molecule has 118 valence electrons. The summed E-state index contributed by atoms with van der Waals surface area (Å²) >= 11 is 0. The van der Waals surface area contributed by atoms with Crippen LogP contribution in [0, 0.1) is 5.92 Å². The van der Waals surface area contributed by atoms with Crippen LogP contribution in [0.2, 0.25) is 0 Å². The number of anilines is 3. The van der Waals surface area contributed by atoms with E-state index < -0.39 is 6.10 Å². The molecule has 0 saturated heterocycles. The van der Waals surface area contributed by atoms with Gasteiger partial charge in [0.25, 0.3) is 5.56 Å². The minimum absolute atomic E-state index is 0.0478. The number of rotatable bonds is 7. The summed E-state index contributed by atoms with van der Waals surface area (Å²) in [7, 11) is 0. The number of H-pyrrole nitrogens is 1. The van der Waals surface area contributed by atoms with Crippen LogP contribution in [0.4, 0.5) is 17.5 Å². The molecule has 0 amide bonds. The predicted molar refractivity (Wildman–Crippen MR) is 81.2 cm³/mol. The van der Waals surface area contributed by atoms with Gasteiger partial charge in [-0.2, -0.15) is 4.98 Å². The molecule has 8 heteroatoms. The van der Waals surface area contributed by atoms with E-state index in [4.69, 9.17) is 10.8 Å². The third kappa shape index (κ3) is 3.64. The Morgan fingerprint density at radius 1 is 1.48 bits per heavy atom. The molecule has 0 aromatic carbocycles. The molecule has 6 N–H and O–H groups in total. The van der Waals surface area contributed by atoms with Crippen molar-refractivity contribution in [3.05, 3.63) is 10.4 Å². The number of nitrogens with two attached hydrogens (primary N) is 1. The summed E-state index contributed by atoms with van der Waals surface area (Å²) in [4.78, 5) is 20.3. The second-order valence-corrected chi connectivity index (χ2v) is 5.43. The number of hydrogen-bond donors (Lipinski definition) is 5. The van der Waals surface area contributed by atoms with E-state index in [9.17, 15) is 9.90 Å². The molecule has 21 heavy (non-hydrogen) atoms. The van der Waals surface area contributed by atoms with Crippen LogP contribution in [0.5, 0.6) is 0 Å². The van der Waals surface area contributed by atoms with Gasteiger partial charge in [-0.15, -0.1) is 0 Å². The molecular formula is C13H23N5O3.